The van der Waals surface area contributed by atoms with E-state index in [-0.39, 0.29) is 5.91 Å². The molecular weight excluding hydrogens is 426 g/mol. The summed E-state index contributed by atoms with van der Waals surface area (Å²) in [7, 11) is 3.94. The molecule has 3 atom stereocenters. The van der Waals surface area contributed by atoms with Gasteiger partial charge >= 0.3 is 0 Å². The monoisotopic (exact) mass is 447 g/mol. The van der Waals surface area contributed by atoms with E-state index >= 15 is 0 Å². The third-order valence-corrected chi connectivity index (χ3v) is 6.29. The average molecular weight is 448 g/mol. The number of nitrogens with zero attached hydrogens (tertiary/aromatic N) is 3. The van der Waals surface area contributed by atoms with Crippen LogP contribution in [0.5, 0.6) is 0 Å². The minimum absolute atomic E-state index is 0.311. The molecule has 32 heavy (non-hydrogen) atoms. The van der Waals surface area contributed by atoms with Crippen LogP contribution in [0.25, 0.3) is 0 Å². The molecule has 3 aromatic carbocycles. The van der Waals surface area contributed by atoms with Crippen LogP contribution in [0, 0.1) is 5.92 Å². The second-order valence-electron chi connectivity index (χ2n) is 8.11. The summed E-state index contributed by atoms with van der Waals surface area (Å²) in [6.07, 6.45) is -0.919. The van der Waals surface area contributed by atoms with Crippen LogP contribution in [0.2, 0.25) is 5.02 Å². The summed E-state index contributed by atoms with van der Waals surface area (Å²) >= 11 is 6.31. The molecule has 0 N–H and O–H groups in total. The Hall–Kier alpha value is -3.35. The normalized spacial score (nSPS) is 22.4. The maximum absolute atomic E-state index is 13.6. The molecule has 2 heterocycles. The Balaban J connectivity index is 1.56. The Morgan fingerprint density at radius 3 is 2.16 bits per heavy atom. The standard InChI is InChI=1S/C25H22ClN3O3/c1-27(2)17-12-14-18(15-13-17)29-22(16-8-4-3-5-9-16)21-23(32-29)25(31)28(24(21)30)20-11-7-6-10-19(20)26/h3-15,21-23H,1-2H3. The Morgan fingerprint density at radius 1 is 0.844 bits per heavy atom. The average Bonchev–Trinajstić information content (AvgIpc) is 3.31. The summed E-state index contributed by atoms with van der Waals surface area (Å²) < 4.78 is 0. The van der Waals surface area contributed by atoms with Crippen LogP contribution in [0.3, 0.4) is 0 Å². The molecule has 3 aromatic rings. The lowest BCUT2D eigenvalue weighted by molar-refractivity contribution is -0.126. The minimum Gasteiger partial charge on any atom is -0.378 e. The Morgan fingerprint density at radius 2 is 1.50 bits per heavy atom. The fraction of sp³-hybridized carbons (Fsp3) is 0.200. The zero-order chi connectivity index (χ0) is 22.4. The van der Waals surface area contributed by atoms with Gasteiger partial charge in [0.2, 0.25) is 5.91 Å². The summed E-state index contributed by atoms with van der Waals surface area (Å²) in [5, 5.41) is 2.05. The maximum Gasteiger partial charge on any atom is 0.266 e. The first-order valence-electron chi connectivity index (χ1n) is 10.4. The summed E-state index contributed by atoms with van der Waals surface area (Å²) in [4.78, 5) is 36.3. The van der Waals surface area contributed by atoms with Crippen molar-refractivity contribution < 1.29 is 14.4 Å². The van der Waals surface area contributed by atoms with E-state index in [1.54, 1.807) is 29.3 Å². The number of hydrogen-bond donors (Lipinski definition) is 0. The summed E-state index contributed by atoms with van der Waals surface area (Å²) in [5.41, 5.74) is 3.11. The molecule has 3 unspecified atom stereocenters. The van der Waals surface area contributed by atoms with Gasteiger partial charge in [0.25, 0.3) is 5.91 Å². The van der Waals surface area contributed by atoms with Gasteiger partial charge in [0.05, 0.1) is 22.4 Å². The van der Waals surface area contributed by atoms with Gasteiger partial charge < -0.3 is 4.90 Å². The zero-order valence-corrected chi connectivity index (χ0v) is 18.4. The van der Waals surface area contributed by atoms with Gasteiger partial charge in [-0.15, -0.1) is 0 Å². The lowest BCUT2D eigenvalue weighted by Crippen LogP contribution is -2.37. The van der Waals surface area contributed by atoms with E-state index in [4.69, 9.17) is 16.4 Å². The van der Waals surface area contributed by atoms with E-state index in [9.17, 15) is 9.59 Å². The lowest BCUT2D eigenvalue weighted by Gasteiger charge is -2.29. The molecule has 0 aliphatic carbocycles. The first kappa shape index (κ1) is 20.5. The first-order valence-corrected chi connectivity index (χ1v) is 10.8. The second kappa shape index (κ2) is 7.97. The number of carbonyl (C=O) groups is 2. The molecule has 2 aliphatic rings. The van der Waals surface area contributed by atoms with E-state index in [1.807, 2.05) is 73.6 Å². The smallest absolute Gasteiger partial charge is 0.266 e. The van der Waals surface area contributed by atoms with Crippen molar-refractivity contribution in [3.8, 4) is 0 Å². The number of halogens is 1. The molecule has 0 bridgehead atoms. The highest BCUT2D eigenvalue weighted by Crippen LogP contribution is 2.48. The molecular formula is C25H22ClN3O3. The van der Waals surface area contributed by atoms with Crippen LogP contribution < -0.4 is 14.9 Å². The third kappa shape index (κ3) is 3.23. The second-order valence-corrected chi connectivity index (χ2v) is 8.51. The number of rotatable bonds is 4. The first-order chi connectivity index (χ1) is 15.5. The van der Waals surface area contributed by atoms with Crippen molar-refractivity contribution in [1.82, 2.24) is 0 Å². The van der Waals surface area contributed by atoms with Crippen molar-refractivity contribution in [3.63, 3.8) is 0 Å². The molecule has 162 valence electrons. The highest BCUT2D eigenvalue weighted by atomic mass is 35.5. The van der Waals surface area contributed by atoms with Crippen molar-refractivity contribution in [2.24, 2.45) is 5.92 Å². The molecule has 7 heteroatoms. The number of anilines is 3. The molecule has 2 amide bonds. The van der Waals surface area contributed by atoms with Crippen molar-refractivity contribution in [3.05, 3.63) is 89.4 Å². The van der Waals surface area contributed by atoms with E-state index in [2.05, 4.69) is 0 Å². The predicted octanol–water partition coefficient (Wildman–Crippen LogP) is 4.46. The number of carbonyl (C=O) groups excluding carboxylic acids is 2. The lowest BCUT2D eigenvalue weighted by atomic mass is 9.90. The fourth-order valence-corrected chi connectivity index (χ4v) is 4.62. The highest BCUT2D eigenvalue weighted by molar-refractivity contribution is 6.36. The Labute approximate surface area is 191 Å². The molecule has 0 saturated carbocycles. The predicted molar refractivity (Wildman–Crippen MR) is 125 cm³/mol. The quantitative estimate of drug-likeness (QED) is 0.553. The molecule has 2 aliphatic heterocycles. The minimum atomic E-state index is -0.919. The van der Waals surface area contributed by atoms with Crippen LogP contribution in [0.4, 0.5) is 17.1 Å². The van der Waals surface area contributed by atoms with Crippen LogP contribution >= 0.6 is 11.6 Å². The summed E-state index contributed by atoms with van der Waals surface area (Å²) in [6.45, 7) is 0. The van der Waals surface area contributed by atoms with Crippen LogP contribution in [0.15, 0.2) is 78.9 Å². The van der Waals surface area contributed by atoms with Crippen molar-refractivity contribution in [2.45, 2.75) is 12.1 Å². The van der Waals surface area contributed by atoms with Gasteiger partial charge in [-0.3, -0.25) is 14.4 Å². The highest BCUT2D eigenvalue weighted by Gasteiger charge is 2.60. The van der Waals surface area contributed by atoms with Gasteiger partial charge in [0, 0.05) is 19.8 Å². The van der Waals surface area contributed by atoms with Crippen molar-refractivity contribution in [2.75, 3.05) is 29.0 Å². The van der Waals surface area contributed by atoms with Crippen molar-refractivity contribution >= 4 is 40.5 Å². The third-order valence-electron chi connectivity index (χ3n) is 5.97. The van der Waals surface area contributed by atoms with Crippen LogP contribution in [-0.4, -0.2) is 32.0 Å². The fourth-order valence-electron chi connectivity index (χ4n) is 4.40. The number of fused-ring (bicyclic) bond motifs is 1. The SMILES string of the molecule is CN(C)c1ccc(N2OC3C(=O)N(c4ccccc4Cl)C(=O)C3C2c2ccccc2)cc1. The Kier molecular flexibility index (Phi) is 5.12. The van der Waals surface area contributed by atoms with Gasteiger partial charge in [-0.25, -0.2) is 9.96 Å². The molecule has 2 fully saturated rings. The van der Waals surface area contributed by atoms with Gasteiger partial charge in [0.15, 0.2) is 6.10 Å². The number of hydroxylamine groups is 1. The molecule has 6 nitrogen and oxygen atoms in total. The number of imide groups is 1. The van der Waals surface area contributed by atoms with E-state index in [0.717, 1.165) is 16.9 Å². The molecule has 5 rings (SSSR count). The molecule has 2 saturated heterocycles. The number of para-hydroxylation sites is 1. The van der Waals surface area contributed by atoms with Gasteiger partial charge in [-0.1, -0.05) is 54.1 Å². The van der Waals surface area contributed by atoms with E-state index in [1.165, 1.54) is 4.90 Å². The van der Waals surface area contributed by atoms with Crippen LogP contribution in [-0.2, 0) is 14.4 Å². The number of hydrogen-bond acceptors (Lipinski definition) is 5. The largest absolute Gasteiger partial charge is 0.378 e. The Bertz CT molecular complexity index is 1170. The van der Waals surface area contributed by atoms with Gasteiger partial charge in [0.1, 0.15) is 5.92 Å². The maximum atomic E-state index is 13.6. The number of amides is 2. The summed E-state index contributed by atoms with van der Waals surface area (Å²) in [5.74, 6) is -1.40. The van der Waals surface area contributed by atoms with E-state index < -0.39 is 24.0 Å². The van der Waals surface area contributed by atoms with Crippen LogP contribution in [0.1, 0.15) is 11.6 Å². The molecule has 0 aromatic heterocycles. The summed E-state index contributed by atoms with van der Waals surface area (Å²) in [6, 6.07) is 23.9. The zero-order valence-electron chi connectivity index (χ0n) is 17.7. The van der Waals surface area contributed by atoms with Gasteiger partial charge in [-0.05, 0) is 42.0 Å². The molecule has 0 radical (unpaired) electrons. The molecule has 0 spiro atoms. The van der Waals surface area contributed by atoms with Gasteiger partial charge in [-0.2, -0.15) is 0 Å². The van der Waals surface area contributed by atoms with E-state index in [0.29, 0.717) is 10.7 Å². The topological polar surface area (TPSA) is 53.1 Å². The number of benzene rings is 3. The van der Waals surface area contributed by atoms with Crippen molar-refractivity contribution in [1.29, 1.82) is 0 Å².